The maximum atomic E-state index is 11.3. The van der Waals surface area contributed by atoms with Gasteiger partial charge in [-0.25, -0.2) is 0 Å². The summed E-state index contributed by atoms with van der Waals surface area (Å²) in [7, 11) is 0. The van der Waals surface area contributed by atoms with Crippen molar-refractivity contribution in [2.24, 2.45) is 0 Å². The molecule has 0 fully saturated rings. The molecule has 1 nitrogen and oxygen atoms in total. The van der Waals surface area contributed by atoms with Gasteiger partial charge in [-0.1, -0.05) is 22.0 Å². The molecule has 0 saturated carbocycles. The summed E-state index contributed by atoms with van der Waals surface area (Å²) in [6, 6.07) is 6.20. The van der Waals surface area contributed by atoms with Gasteiger partial charge in [0.2, 0.25) is 0 Å². The monoisotopic (exact) mass is 238 g/mol. The van der Waals surface area contributed by atoms with Crippen LogP contribution in [0, 0.1) is 0 Å². The van der Waals surface area contributed by atoms with Gasteiger partial charge in [0, 0.05) is 17.3 Å². The van der Waals surface area contributed by atoms with Crippen LogP contribution in [0.15, 0.2) is 22.7 Å². The SMILES string of the molecule is O=C1CCCc2cc(Br)ccc2C1. The number of aryl methyl sites for hydroxylation is 1. The number of benzene rings is 1. The highest BCUT2D eigenvalue weighted by molar-refractivity contribution is 9.10. The molecule has 0 spiro atoms. The van der Waals surface area contributed by atoms with E-state index >= 15 is 0 Å². The van der Waals surface area contributed by atoms with E-state index in [1.807, 2.05) is 6.07 Å². The number of fused-ring (bicyclic) bond motifs is 1. The largest absolute Gasteiger partial charge is 0.299 e. The lowest BCUT2D eigenvalue weighted by molar-refractivity contribution is -0.118. The number of hydrogen-bond acceptors (Lipinski definition) is 1. The van der Waals surface area contributed by atoms with Gasteiger partial charge in [-0.2, -0.15) is 0 Å². The summed E-state index contributed by atoms with van der Waals surface area (Å²) in [5.41, 5.74) is 2.55. The molecular weight excluding hydrogens is 228 g/mol. The standard InChI is InChI=1S/C11H11BrO/c12-10-5-4-9-7-11(13)3-1-2-8(9)6-10/h4-6H,1-3,7H2. The van der Waals surface area contributed by atoms with Crippen LogP contribution in [0.3, 0.4) is 0 Å². The van der Waals surface area contributed by atoms with Crippen molar-refractivity contribution in [1.82, 2.24) is 0 Å². The second kappa shape index (κ2) is 3.62. The number of carbonyl (C=O) groups excluding carboxylic acids is 1. The van der Waals surface area contributed by atoms with Crippen LogP contribution in [0.25, 0.3) is 0 Å². The smallest absolute Gasteiger partial charge is 0.137 e. The summed E-state index contributed by atoms with van der Waals surface area (Å²) in [5, 5.41) is 0. The predicted molar refractivity (Wildman–Crippen MR) is 55.8 cm³/mol. The highest BCUT2D eigenvalue weighted by atomic mass is 79.9. The number of rotatable bonds is 0. The van der Waals surface area contributed by atoms with Crippen LogP contribution < -0.4 is 0 Å². The van der Waals surface area contributed by atoms with Crippen LogP contribution in [-0.2, 0) is 17.6 Å². The van der Waals surface area contributed by atoms with E-state index < -0.39 is 0 Å². The molecule has 1 aromatic carbocycles. The molecule has 1 aliphatic carbocycles. The van der Waals surface area contributed by atoms with E-state index in [0.717, 1.165) is 23.7 Å². The van der Waals surface area contributed by atoms with Crippen LogP contribution in [-0.4, -0.2) is 5.78 Å². The van der Waals surface area contributed by atoms with Crippen molar-refractivity contribution in [3.05, 3.63) is 33.8 Å². The van der Waals surface area contributed by atoms with Crippen LogP contribution in [0.2, 0.25) is 0 Å². The molecule has 0 amide bonds. The van der Waals surface area contributed by atoms with E-state index in [0.29, 0.717) is 12.2 Å². The third kappa shape index (κ3) is 1.99. The molecule has 0 radical (unpaired) electrons. The van der Waals surface area contributed by atoms with E-state index in [-0.39, 0.29) is 0 Å². The van der Waals surface area contributed by atoms with Crippen molar-refractivity contribution in [3.8, 4) is 0 Å². The normalized spacial score (nSPS) is 16.5. The minimum Gasteiger partial charge on any atom is -0.299 e. The zero-order chi connectivity index (χ0) is 9.26. The van der Waals surface area contributed by atoms with Gasteiger partial charge in [0.15, 0.2) is 0 Å². The number of Topliss-reactive ketones (excluding diaryl/α,β-unsaturated/α-hetero) is 1. The van der Waals surface area contributed by atoms with Gasteiger partial charge in [0.1, 0.15) is 5.78 Å². The molecule has 0 unspecified atom stereocenters. The van der Waals surface area contributed by atoms with Gasteiger partial charge in [-0.05, 0) is 36.1 Å². The van der Waals surface area contributed by atoms with E-state index in [2.05, 4.69) is 28.1 Å². The quantitative estimate of drug-likeness (QED) is 0.636. The molecule has 13 heavy (non-hydrogen) atoms. The predicted octanol–water partition coefficient (Wildman–Crippen LogP) is 2.90. The van der Waals surface area contributed by atoms with E-state index in [9.17, 15) is 4.79 Å². The third-order valence-corrected chi connectivity index (χ3v) is 2.95. The molecule has 0 bridgehead atoms. The Kier molecular flexibility index (Phi) is 2.49. The van der Waals surface area contributed by atoms with Crippen LogP contribution in [0.1, 0.15) is 24.0 Å². The average molecular weight is 239 g/mol. The summed E-state index contributed by atoms with van der Waals surface area (Å²) >= 11 is 3.45. The molecule has 2 rings (SSSR count). The van der Waals surface area contributed by atoms with Gasteiger partial charge in [0.05, 0.1) is 0 Å². The first-order valence-electron chi connectivity index (χ1n) is 4.55. The number of halogens is 1. The Morgan fingerprint density at radius 1 is 1.15 bits per heavy atom. The van der Waals surface area contributed by atoms with Gasteiger partial charge in [0.25, 0.3) is 0 Å². The van der Waals surface area contributed by atoms with Crippen molar-refractivity contribution in [3.63, 3.8) is 0 Å². The molecule has 2 heteroatoms. The first-order chi connectivity index (χ1) is 6.25. The number of hydrogen-bond donors (Lipinski definition) is 0. The first-order valence-corrected chi connectivity index (χ1v) is 5.34. The lowest BCUT2D eigenvalue weighted by atomic mass is 10.0. The maximum Gasteiger partial charge on any atom is 0.137 e. The Morgan fingerprint density at radius 2 is 2.00 bits per heavy atom. The Balaban J connectivity index is 2.40. The van der Waals surface area contributed by atoms with E-state index in [1.54, 1.807) is 0 Å². The molecule has 0 aromatic heterocycles. The molecule has 0 N–H and O–H groups in total. The van der Waals surface area contributed by atoms with Crippen molar-refractivity contribution >= 4 is 21.7 Å². The molecule has 0 saturated heterocycles. The van der Waals surface area contributed by atoms with E-state index in [1.165, 1.54) is 11.1 Å². The highest BCUT2D eigenvalue weighted by Crippen LogP contribution is 2.22. The van der Waals surface area contributed by atoms with Crippen molar-refractivity contribution in [2.45, 2.75) is 25.7 Å². The Hall–Kier alpha value is -0.630. The highest BCUT2D eigenvalue weighted by Gasteiger charge is 2.12. The second-order valence-corrected chi connectivity index (χ2v) is 4.40. The molecule has 1 aromatic rings. The fourth-order valence-corrected chi connectivity index (χ4v) is 2.18. The first kappa shape index (κ1) is 8.95. The third-order valence-electron chi connectivity index (χ3n) is 2.46. The van der Waals surface area contributed by atoms with Gasteiger partial charge in [-0.3, -0.25) is 4.79 Å². The summed E-state index contributed by atoms with van der Waals surface area (Å²) in [6.07, 6.45) is 3.41. The maximum absolute atomic E-state index is 11.3. The van der Waals surface area contributed by atoms with Gasteiger partial charge < -0.3 is 0 Å². The average Bonchev–Trinajstić information content (AvgIpc) is 2.25. The van der Waals surface area contributed by atoms with Crippen molar-refractivity contribution in [1.29, 1.82) is 0 Å². The molecule has 68 valence electrons. The zero-order valence-electron chi connectivity index (χ0n) is 7.35. The van der Waals surface area contributed by atoms with Crippen molar-refractivity contribution < 1.29 is 4.79 Å². The summed E-state index contributed by atoms with van der Waals surface area (Å²) in [4.78, 5) is 11.3. The summed E-state index contributed by atoms with van der Waals surface area (Å²) < 4.78 is 1.11. The molecule has 0 aliphatic heterocycles. The fourth-order valence-electron chi connectivity index (χ4n) is 1.78. The Labute approximate surface area is 86.3 Å². The van der Waals surface area contributed by atoms with Crippen LogP contribution in [0.4, 0.5) is 0 Å². The molecule has 0 heterocycles. The topological polar surface area (TPSA) is 17.1 Å². The fraction of sp³-hybridized carbons (Fsp3) is 0.364. The zero-order valence-corrected chi connectivity index (χ0v) is 8.93. The molecule has 0 atom stereocenters. The number of carbonyl (C=O) groups is 1. The second-order valence-electron chi connectivity index (χ2n) is 3.48. The summed E-state index contributed by atoms with van der Waals surface area (Å²) in [6.45, 7) is 0. The van der Waals surface area contributed by atoms with Crippen LogP contribution in [0.5, 0.6) is 0 Å². The Bertz CT molecular complexity index is 344. The van der Waals surface area contributed by atoms with E-state index in [4.69, 9.17) is 0 Å². The van der Waals surface area contributed by atoms with Crippen LogP contribution >= 0.6 is 15.9 Å². The lowest BCUT2D eigenvalue weighted by Gasteiger charge is -2.04. The van der Waals surface area contributed by atoms with Crippen molar-refractivity contribution in [2.75, 3.05) is 0 Å². The molecular formula is C11H11BrO. The van der Waals surface area contributed by atoms with Gasteiger partial charge in [-0.15, -0.1) is 0 Å². The lowest BCUT2D eigenvalue weighted by Crippen LogP contribution is -1.99. The number of ketones is 1. The minimum absolute atomic E-state index is 0.376. The Morgan fingerprint density at radius 3 is 2.85 bits per heavy atom. The molecule has 1 aliphatic rings. The van der Waals surface area contributed by atoms with Gasteiger partial charge >= 0.3 is 0 Å². The summed E-state index contributed by atoms with van der Waals surface area (Å²) in [5.74, 6) is 0.376. The minimum atomic E-state index is 0.376.